The van der Waals surface area contributed by atoms with Gasteiger partial charge in [-0.1, -0.05) is 25.4 Å². The summed E-state index contributed by atoms with van der Waals surface area (Å²) >= 11 is 5.72. The van der Waals surface area contributed by atoms with Gasteiger partial charge in [0.15, 0.2) is 0 Å². The summed E-state index contributed by atoms with van der Waals surface area (Å²) < 4.78 is 0. The number of rotatable bonds is 4. The van der Waals surface area contributed by atoms with Crippen LogP contribution in [0.3, 0.4) is 0 Å². The van der Waals surface area contributed by atoms with Gasteiger partial charge in [0, 0.05) is 12.2 Å². The van der Waals surface area contributed by atoms with Crippen LogP contribution in [-0.2, 0) is 0 Å². The molecule has 0 fully saturated rings. The standard InChI is InChI=1S/C11H15ClN2O2/c1-6(2)7(3)14-10-4-8(11(15)16)9(12)5-13-10/h4-7H,1-3H3,(H,13,14)(H,15,16). The van der Waals surface area contributed by atoms with E-state index in [1.165, 1.54) is 12.3 Å². The summed E-state index contributed by atoms with van der Waals surface area (Å²) in [5, 5.41) is 12.2. The Labute approximate surface area is 99.6 Å². The van der Waals surface area contributed by atoms with Gasteiger partial charge in [-0.3, -0.25) is 0 Å². The fourth-order valence-corrected chi connectivity index (χ4v) is 1.27. The molecular weight excluding hydrogens is 228 g/mol. The number of halogens is 1. The molecule has 0 spiro atoms. The molecule has 1 aromatic heterocycles. The van der Waals surface area contributed by atoms with Crippen molar-refractivity contribution in [2.24, 2.45) is 5.92 Å². The second-order valence-corrected chi connectivity index (χ2v) is 4.44. The maximum Gasteiger partial charge on any atom is 0.337 e. The number of nitrogens with zero attached hydrogens (tertiary/aromatic N) is 1. The molecule has 0 aliphatic heterocycles. The summed E-state index contributed by atoms with van der Waals surface area (Å²) in [7, 11) is 0. The molecule has 0 bridgehead atoms. The number of carboxylic acids is 1. The Morgan fingerprint density at radius 1 is 1.50 bits per heavy atom. The van der Waals surface area contributed by atoms with E-state index in [1.54, 1.807) is 0 Å². The largest absolute Gasteiger partial charge is 0.478 e. The Kier molecular flexibility index (Phi) is 4.12. The van der Waals surface area contributed by atoms with Gasteiger partial charge in [0.05, 0.1) is 10.6 Å². The number of aromatic nitrogens is 1. The molecule has 1 rings (SSSR count). The zero-order valence-electron chi connectivity index (χ0n) is 9.49. The number of hydrogen-bond donors (Lipinski definition) is 2. The predicted molar refractivity (Wildman–Crippen MR) is 64.1 cm³/mol. The molecule has 16 heavy (non-hydrogen) atoms. The van der Waals surface area contributed by atoms with Gasteiger partial charge in [0.1, 0.15) is 5.82 Å². The van der Waals surface area contributed by atoms with Crippen molar-refractivity contribution in [2.45, 2.75) is 26.8 Å². The number of pyridine rings is 1. The Balaban J connectivity index is 2.91. The Hall–Kier alpha value is -1.29. The lowest BCUT2D eigenvalue weighted by atomic mass is 10.1. The third-order valence-corrected chi connectivity index (χ3v) is 2.76. The SMILES string of the molecule is CC(C)C(C)Nc1cc(C(=O)O)c(Cl)cn1. The highest BCUT2D eigenvalue weighted by atomic mass is 35.5. The summed E-state index contributed by atoms with van der Waals surface area (Å²) in [4.78, 5) is 14.9. The first-order valence-corrected chi connectivity index (χ1v) is 5.45. The Morgan fingerprint density at radius 3 is 2.62 bits per heavy atom. The fraction of sp³-hybridized carbons (Fsp3) is 0.455. The minimum atomic E-state index is -1.05. The van der Waals surface area contributed by atoms with E-state index in [0.29, 0.717) is 11.7 Å². The van der Waals surface area contributed by atoms with E-state index in [-0.39, 0.29) is 16.6 Å². The quantitative estimate of drug-likeness (QED) is 0.852. The van der Waals surface area contributed by atoms with Gasteiger partial charge in [-0.2, -0.15) is 0 Å². The van der Waals surface area contributed by atoms with Crippen LogP contribution in [-0.4, -0.2) is 22.1 Å². The lowest BCUT2D eigenvalue weighted by molar-refractivity contribution is 0.0697. The van der Waals surface area contributed by atoms with Crippen LogP contribution in [0.1, 0.15) is 31.1 Å². The van der Waals surface area contributed by atoms with Crippen LogP contribution in [0.2, 0.25) is 5.02 Å². The first-order chi connectivity index (χ1) is 7.41. The van der Waals surface area contributed by atoms with Crippen LogP contribution in [0.25, 0.3) is 0 Å². The maximum atomic E-state index is 10.9. The third kappa shape index (κ3) is 3.10. The molecule has 0 radical (unpaired) electrons. The van der Waals surface area contributed by atoms with Crippen molar-refractivity contribution in [1.82, 2.24) is 4.98 Å². The summed E-state index contributed by atoms with van der Waals surface area (Å²) in [5.41, 5.74) is 0.0649. The van der Waals surface area contributed by atoms with Crippen molar-refractivity contribution in [3.63, 3.8) is 0 Å². The predicted octanol–water partition coefficient (Wildman–Crippen LogP) is 2.89. The van der Waals surface area contributed by atoms with E-state index < -0.39 is 5.97 Å². The summed E-state index contributed by atoms with van der Waals surface area (Å²) in [6.07, 6.45) is 1.35. The summed E-state index contributed by atoms with van der Waals surface area (Å²) in [6.45, 7) is 6.17. The molecule has 88 valence electrons. The molecule has 1 unspecified atom stereocenters. The molecule has 1 aromatic rings. The minimum Gasteiger partial charge on any atom is -0.478 e. The van der Waals surface area contributed by atoms with E-state index in [4.69, 9.17) is 16.7 Å². The smallest absolute Gasteiger partial charge is 0.337 e. The number of anilines is 1. The number of hydrogen-bond acceptors (Lipinski definition) is 3. The van der Waals surface area contributed by atoms with Crippen molar-refractivity contribution < 1.29 is 9.90 Å². The molecule has 0 saturated carbocycles. The van der Waals surface area contributed by atoms with Crippen LogP contribution in [0.5, 0.6) is 0 Å². The Morgan fingerprint density at radius 2 is 2.12 bits per heavy atom. The van der Waals surface area contributed by atoms with Gasteiger partial charge in [-0.05, 0) is 18.9 Å². The average Bonchev–Trinajstić information content (AvgIpc) is 2.20. The van der Waals surface area contributed by atoms with E-state index >= 15 is 0 Å². The number of aromatic carboxylic acids is 1. The molecule has 0 amide bonds. The van der Waals surface area contributed by atoms with Crippen molar-refractivity contribution in [3.05, 3.63) is 22.8 Å². The monoisotopic (exact) mass is 242 g/mol. The second-order valence-electron chi connectivity index (χ2n) is 4.03. The van der Waals surface area contributed by atoms with Crippen LogP contribution in [0.4, 0.5) is 5.82 Å². The molecule has 0 saturated heterocycles. The van der Waals surface area contributed by atoms with Gasteiger partial charge >= 0.3 is 5.97 Å². The normalized spacial score (nSPS) is 12.6. The van der Waals surface area contributed by atoms with Crippen molar-refractivity contribution in [3.8, 4) is 0 Å². The topological polar surface area (TPSA) is 62.2 Å². The molecule has 0 aromatic carbocycles. The second kappa shape index (κ2) is 5.16. The highest BCUT2D eigenvalue weighted by Gasteiger charge is 2.12. The maximum absolute atomic E-state index is 10.9. The Bertz CT molecular complexity index is 394. The molecule has 4 nitrogen and oxygen atoms in total. The zero-order chi connectivity index (χ0) is 12.3. The van der Waals surface area contributed by atoms with Gasteiger partial charge in [-0.15, -0.1) is 0 Å². The summed E-state index contributed by atoms with van der Waals surface area (Å²) in [6, 6.07) is 1.67. The van der Waals surface area contributed by atoms with Crippen LogP contribution < -0.4 is 5.32 Å². The number of carboxylic acid groups (broad SMARTS) is 1. The molecule has 0 aliphatic rings. The highest BCUT2D eigenvalue weighted by Crippen LogP contribution is 2.19. The fourth-order valence-electron chi connectivity index (χ4n) is 1.08. The van der Waals surface area contributed by atoms with Gasteiger partial charge < -0.3 is 10.4 Å². The zero-order valence-corrected chi connectivity index (χ0v) is 10.2. The summed E-state index contributed by atoms with van der Waals surface area (Å²) in [5.74, 6) is -0.0820. The number of nitrogens with one attached hydrogen (secondary N) is 1. The first kappa shape index (κ1) is 12.8. The van der Waals surface area contributed by atoms with Crippen molar-refractivity contribution in [2.75, 3.05) is 5.32 Å². The lowest BCUT2D eigenvalue weighted by Crippen LogP contribution is -2.22. The number of carbonyl (C=O) groups is 1. The van der Waals surface area contributed by atoms with E-state index in [1.807, 2.05) is 6.92 Å². The highest BCUT2D eigenvalue weighted by molar-refractivity contribution is 6.33. The van der Waals surface area contributed by atoms with Crippen molar-refractivity contribution >= 4 is 23.4 Å². The minimum absolute atomic E-state index is 0.0649. The molecule has 1 heterocycles. The first-order valence-electron chi connectivity index (χ1n) is 5.07. The molecular formula is C11H15ClN2O2. The van der Waals surface area contributed by atoms with E-state index in [9.17, 15) is 4.79 Å². The van der Waals surface area contributed by atoms with Gasteiger partial charge in [-0.25, -0.2) is 9.78 Å². The lowest BCUT2D eigenvalue weighted by Gasteiger charge is -2.18. The van der Waals surface area contributed by atoms with Crippen LogP contribution >= 0.6 is 11.6 Å². The molecule has 0 aliphatic carbocycles. The average molecular weight is 243 g/mol. The third-order valence-electron chi connectivity index (χ3n) is 2.46. The van der Waals surface area contributed by atoms with E-state index in [2.05, 4.69) is 24.1 Å². The van der Waals surface area contributed by atoms with Crippen molar-refractivity contribution in [1.29, 1.82) is 0 Å². The molecule has 1 atom stereocenters. The molecule has 5 heteroatoms. The van der Waals surface area contributed by atoms with Gasteiger partial charge in [0.25, 0.3) is 0 Å². The van der Waals surface area contributed by atoms with E-state index in [0.717, 1.165) is 0 Å². The molecule has 2 N–H and O–H groups in total. The van der Waals surface area contributed by atoms with Gasteiger partial charge in [0.2, 0.25) is 0 Å². The van der Waals surface area contributed by atoms with Crippen LogP contribution in [0, 0.1) is 5.92 Å². The van der Waals surface area contributed by atoms with Crippen LogP contribution in [0.15, 0.2) is 12.3 Å².